The Morgan fingerprint density at radius 3 is 2.59 bits per heavy atom. The zero-order valence-electron chi connectivity index (χ0n) is 13.7. The zero-order chi connectivity index (χ0) is 19.0. The molecule has 8 heteroatoms. The summed E-state index contributed by atoms with van der Waals surface area (Å²) in [6, 6.07) is 12.9. The van der Waals surface area contributed by atoms with Gasteiger partial charge in [0.2, 0.25) is 4.96 Å². The molecule has 0 N–H and O–H groups in total. The third kappa shape index (κ3) is 3.51. The minimum atomic E-state index is -0.509. The van der Waals surface area contributed by atoms with Crippen LogP contribution < -0.4 is 15.7 Å². The van der Waals surface area contributed by atoms with E-state index in [1.54, 1.807) is 36.4 Å². The summed E-state index contributed by atoms with van der Waals surface area (Å²) in [6.07, 6.45) is 1.81. The first-order valence-corrected chi connectivity index (χ1v) is 9.14. The van der Waals surface area contributed by atoms with E-state index in [0.29, 0.717) is 20.7 Å². The van der Waals surface area contributed by atoms with Crippen LogP contribution in [0.15, 0.2) is 58.1 Å². The second kappa shape index (κ2) is 7.02. The van der Waals surface area contributed by atoms with E-state index in [0.717, 1.165) is 15.9 Å². The second-order valence-electron chi connectivity index (χ2n) is 5.80. The highest BCUT2D eigenvalue weighted by Gasteiger charge is 2.12. The molecule has 0 bridgehead atoms. The average molecular weight is 400 g/mol. The van der Waals surface area contributed by atoms with Gasteiger partial charge in [0.25, 0.3) is 11.1 Å². The van der Waals surface area contributed by atoms with Gasteiger partial charge in [-0.1, -0.05) is 53.3 Å². The van der Waals surface area contributed by atoms with Crippen LogP contribution in [0.1, 0.15) is 16.8 Å². The van der Waals surface area contributed by atoms with Gasteiger partial charge in [0, 0.05) is 11.4 Å². The van der Waals surface area contributed by atoms with Crippen molar-refractivity contribution in [3.8, 4) is 0 Å². The Morgan fingerprint density at radius 2 is 1.85 bits per heavy atom. The number of hydrogen-bond donors (Lipinski definition) is 0. The standard InChI is InChI=1S/C19H11ClFN3O2S/c20-14-4-2-1-3-12(14)10-16-18(26)24-19(27-16)22-17(25)15(23-24)9-11-5-7-13(21)8-6-11/h1-8,10H,9H2. The van der Waals surface area contributed by atoms with Gasteiger partial charge in [0.15, 0.2) is 0 Å². The first kappa shape index (κ1) is 17.5. The highest BCUT2D eigenvalue weighted by Crippen LogP contribution is 2.15. The fraction of sp³-hybridized carbons (Fsp3) is 0.0526. The van der Waals surface area contributed by atoms with Crippen LogP contribution >= 0.6 is 22.9 Å². The van der Waals surface area contributed by atoms with Gasteiger partial charge in [-0.15, -0.1) is 0 Å². The summed E-state index contributed by atoms with van der Waals surface area (Å²) in [4.78, 5) is 29.1. The SMILES string of the molecule is O=c1nc2sc(=Cc3ccccc3Cl)c(=O)n2nc1Cc1ccc(F)cc1. The number of rotatable bonds is 3. The van der Waals surface area contributed by atoms with Gasteiger partial charge in [-0.25, -0.2) is 4.39 Å². The Morgan fingerprint density at radius 1 is 1.11 bits per heavy atom. The third-order valence-electron chi connectivity index (χ3n) is 3.93. The van der Waals surface area contributed by atoms with Crippen LogP contribution in [0.25, 0.3) is 11.0 Å². The summed E-state index contributed by atoms with van der Waals surface area (Å²) >= 11 is 7.21. The van der Waals surface area contributed by atoms with Crippen LogP contribution in [0.3, 0.4) is 0 Å². The van der Waals surface area contributed by atoms with Crippen molar-refractivity contribution in [2.45, 2.75) is 6.42 Å². The third-order valence-corrected chi connectivity index (χ3v) is 5.23. The van der Waals surface area contributed by atoms with Crippen molar-refractivity contribution in [2.75, 3.05) is 0 Å². The lowest BCUT2D eigenvalue weighted by atomic mass is 10.1. The molecule has 4 aromatic rings. The Labute approximate surface area is 161 Å². The molecule has 0 radical (unpaired) electrons. The van der Waals surface area contributed by atoms with E-state index in [4.69, 9.17) is 11.6 Å². The molecule has 0 fully saturated rings. The molecule has 0 spiro atoms. The van der Waals surface area contributed by atoms with Crippen LogP contribution in [0.4, 0.5) is 4.39 Å². The maximum absolute atomic E-state index is 13.0. The molecule has 134 valence electrons. The van der Waals surface area contributed by atoms with Crippen LogP contribution in [0.2, 0.25) is 5.02 Å². The van der Waals surface area contributed by atoms with Crippen molar-refractivity contribution < 1.29 is 4.39 Å². The molecule has 0 unspecified atom stereocenters. The lowest BCUT2D eigenvalue weighted by Crippen LogP contribution is -2.28. The predicted molar refractivity (Wildman–Crippen MR) is 103 cm³/mol. The molecule has 0 saturated carbocycles. The maximum Gasteiger partial charge on any atom is 0.296 e. The minimum Gasteiger partial charge on any atom is -0.266 e. The molecule has 2 heterocycles. The van der Waals surface area contributed by atoms with Gasteiger partial charge in [-0.2, -0.15) is 14.6 Å². The highest BCUT2D eigenvalue weighted by atomic mass is 35.5. The summed E-state index contributed by atoms with van der Waals surface area (Å²) in [5.41, 5.74) is 0.636. The predicted octanol–water partition coefficient (Wildman–Crippen LogP) is 2.44. The molecule has 0 atom stereocenters. The number of thiazole rings is 1. The largest absolute Gasteiger partial charge is 0.296 e. The smallest absolute Gasteiger partial charge is 0.266 e. The molecule has 0 amide bonds. The Bertz CT molecular complexity index is 1320. The maximum atomic E-state index is 13.0. The number of hydrogen-bond acceptors (Lipinski definition) is 5. The minimum absolute atomic E-state index is 0.123. The fourth-order valence-electron chi connectivity index (χ4n) is 2.58. The first-order chi connectivity index (χ1) is 13.0. The molecular weight excluding hydrogens is 389 g/mol. The van der Waals surface area contributed by atoms with Gasteiger partial charge >= 0.3 is 0 Å². The molecule has 0 aliphatic heterocycles. The molecular formula is C19H11ClFN3O2S. The van der Waals surface area contributed by atoms with Crippen LogP contribution in [-0.4, -0.2) is 14.6 Å². The van der Waals surface area contributed by atoms with Crippen molar-refractivity contribution in [1.29, 1.82) is 0 Å². The second-order valence-corrected chi connectivity index (χ2v) is 7.21. The number of halogens is 2. The van der Waals surface area contributed by atoms with E-state index in [1.807, 2.05) is 6.07 Å². The van der Waals surface area contributed by atoms with E-state index in [2.05, 4.69) is 10.1 Å². The summed E-state index contributed by atoms with van der Waals surface area (Å²) in [7, 11) is 0. The van der Waals surface area contributed by atoms with E-state index in [-0.39, 0.29) is 28.5 Å². The van der Waals surface area contributed by atoms with Crippen molar-refractivity contribution in [3.63, 3.8) is 0 Å². The summed E-state index contributed by atoms with van der Waals surface area (Å²) < 4.78 is 14.5. The molecule has 27 heavy (non-hydrogen) atoms. The van der Waals surface area contributed by atoms with Crippen LogP contribution in [0.5, 0.6) is 0 Å². The van der Waals surface area contributed by atoms with Crippen LogP contribution in [-0.2, 0) is 6.42 Å². The molecule has 4 rings (SSSR count). The topological polar surface area (TPSA) is 64.3 Å². The first-order valence-electron chi connectivity index (χ1n) is 7.95. The normalized spacial score (nSPS) is 12.0. The summed E-state index contributed by atoms with van der Waals surface area (Å²) in [5, 5.41) is 4.69. The Kier molecular flexibility index (Phi) is 4.55. The molecule has 0 saturated heterocycles. The molecule has 2 aromatic heterocycles. The monoisotopic (exact) mass is 399 g/mol. The average Bonchev–Trinajstić information content (AvgIpc) is 2.94. The van der Waals surface area contributed by atoms with Gasteiger partial charge in [-0.05, 0) is 35.4 Å². The zero-order valence-corrected chi connectivity index (χ0v) is 15.3. The van der Waals surface area contributed by atoms with Crippen molar-refractivity contribution in [1.82, 2.24) is 14.6 Å². The molecule has 5 nitrogen and oxygen atoms in total. The summed E-state index contributed by atoms with van der Waals surface area (Å²) in [5.74, 6) is -0.364. The quantitative estimate of drug-likeness (QED) is 0.531. The fourth-order valence-corrected chi connectivity index (χ4v) is 3.67. The van der Waals surface area contributed by atoms with Gasteiger partial charge in [-0.3, -0.25) is 9.59 Å². The number of nitrogens with zero attached hydrogens (tertiary/aromatic N) is 3. The number of fused-ring (bicyclic) bond motifs is 1. The van der Waals surface area contributed by atoms with E-state index in [1.165, 1.54) is 12.1 Å². The molecule has 0 aliphatic carbocycles. The lowest BCUT2D eigenvalue weighted by Gasteiger charge is -2.00. The number of aromatic nitrogens is 3. The number of benzene rings is 2. The van der Waals surface area contributed by atoms with Crippen molar-refractivity contribution in [3.05, 3.63) is 101 Å². The summed E-state index contributed by atoms with van der Waals surface area (Å²) in [6.45, 7) is 0. The van der Waals surface area contributed by atoms with Gasteiger partial charge < -0.3 is 0 Å². The van der Waals surface area contributed by atoms with E-state index in [9.17, 15) is 14.0 Å². The van der Waals surface area contributed by atoms with Crippen molar-refractivity contribution >= 4 is 34.0 Å². The van der Waals surface area contributed by atoms with E-state index >= 15 is 0 Å². The van der Waals surface area contributed by atoms with Crippen LogP contribution in [0, 0.1) is 5.82 Å². The highest BCUT2D eigenvalue weighted by molar-refractivity contribution is 7.15. The molecule has 0 aliphatic rings. The van der Waals surface area contributed by atoms with Gasteiger partial charge in [0.1, 0.15) is 11.5 Å². The Balaban J connectivity index is 1.82. The van der Waals surface area contributed by atoms with Crippen molar-refractivity contribution in [2.24, 2.45) is 0 Å². The lowest BCUT2D eigenvalue weighted by molar-refractivity contribution is 0.627. The Hall–Kier alpha value is -2.90. The van der Waals surface area contributed by atoms with Gasteiger partial charge in [0.05, 0.1) is 4.53 Å². The molecule has 2 aromatic carbocycles. The van der Waals surface area contributed by atoms with E-state index < -0.39 is 5.56 Å².